The van der Waals surface area contributed by atoms with Crippen LogP contribution in [0.1, 0.15) is 38.3 Å². The van der Waals surface area contributed by atoms with Gasteiger partial charge in [0, 0.05) is 23.2 Å². The van der Waals surface area contributed by atoms with Crippen molar-refractivity contribution in [2.45, 2.75) is 38.3 Å². The molecule has 0 aliphatic heterocycles. The molecule has 96 valence electrons. The van der Waals surface area contributed by atoms with E-state index in [9.17, 15) is 0 Å². The van der Waals surface area contributed by atoms with E-state index >= 15 is 0 Å². The molecule has 2 nitrogen and oxygen atoms in total. The SMILES string of the molecule is COC(C)(C)CCC(N)c1cc(Cl)ccc1Cl. The molecule has 0 aromatic heterocycles. The zero-order chi connectivity index (χ0) is 13.1. The quantitative estimate of drug-likeness (QED) is 0.874. The Labute approximate surface area is 113 Å². The van der Waals surface area contributed by atoms with Gasteiger partial charge in [0.05, 0.1) is 5.60 Å². The van der Waals surface area contributed by atoms with Crippen LogP contribution in [0.3, 0.4) is 0 Å². The van der Waals surface area contributed by atoms with E-state index in [2.05, 4.69) is 0 Å². The smallest absolute Gasteiger partial charge is 0.0623 e. The van der Waals surface area contributed by atoms with E-state index in [1.807, 2.05) is 19.9 Å². The summed E-state index contributed by atoms with van der Waals surface area (Å²) in [5.74, 6) is 0. The highest BCUT2D eigenvalue weighted by Crippen LogP contribution is 2.29. The minimum atomic E-state index is -0.164. The molecule has 0 saturated carbocycles. The maximum Gasteiger partial charge on any atom is 0.0623 e. The van der Waals surface area contributed by atoms with Gasteiger partial charge in [0.15, 0.2) is 0 Å². The predicted octanol–water partition coefficient (Wildman–Crippen LogP) is 4.20. The number of methoxy groups -OCH3 is 1. The lowest BCUT2D eigenvalue weighted by Gasteiger charge is -2.25. The Balaban J connectivity index is 2.70. The maximum absolute atomic E-state index is 6.13. The molecule has 0 saturated heterocycles. The van der Waals surface area contributed by atoms with Crippen molar-refractivity contribution in [1.29, 1.82) is 0 Å². The summed E-state index contributed by atoms with van der Waals surface area (Å²) in [5, 5.41) is 1.32. The van der Waals surface area contributed by atoms with E-state index in [1.54, 1.807) is 19.2 Å². The van der Waals surface area contributed by atoms with E-state index in [1.165, 1.54) is 0 Å². The topological polar surface area (TPSA) is 35.2 Å². The fourth-order valence-electron chi connectivity index (χ4n) is 1.56. The lowest BCUT2D eigenvalue weighted by atomic mass is 9.95. The number of halogens is 2. The van der Waals surface area contributed by atoms with Crippen molar-refractivity contribution in [3.05, 3.63) is 33.8 Å². The molecule has 4 heteroatoms. The molecule has 1 atom stereocenters. The first-order valence-corrected chi connectivity index (χ1v) is 6.37. The van der Waals surface area contributed by atoms with E-state index in [0.717, 1.165) is 18.4 Å². The van der Waals surface area contributed by atoms with Gasteiger partial charge in [-0.25, -0.2) is 0 Å². The molecule has 1 rings (SSSR count). The van der Waals surface area contributed by atoms with Crippen LogP contribution in [0.25, 0.3) is 0 Å². The minimum absolute atomic E-state index is 0.115. The number of nitrogens with two attached hydrogens (primary N) is 1. The molecular formula is C13H19Cl2NO. The average Bonchev–Trinajstić information content (AvgIpc) is 2.29. The van der Waals surface area contributed by atoms with Gasteiger partial charge < -0.3 is 10.5 Å². The number of ether oxygens (including phenoxy) is 1. The minimum Gasteiger partial charge on any atom is -0.379 e. The van der Waals surface area contributed by atoms with Crippen molar-refractivity contribution >= 4 is 23.2 Å². The Morgan fingerprint density at radius 1 is 1.35 bits per heavy atom. The van der Waals surface area contributed by atoms with Crippen molar-refractivity contribution in [3.8, 4) is 0 Å². The zero-order valence-corrected chi connectivity index (χ0v) is 12.0. The van der Waals surface area contributed by atoms with Crippen LogP contribution in [0.2, 0.25) is 10.0 Å². The molecule has 1 unspecified atom stereocenters. The summed E-state index contributed by atoms with van der Waals surface area (Å²) < 4.78 is 5.36. The Morgan fingerprint density at radius 3 is 2.59 bits per heavy atom. The second-order valence-electron chi connectivity index (χ2n) is 4.77. The van der Waals surface area contributed by atoms with E-state index in [4.69, 9.17) is 33.7 Å². The standard InChI is InChI=1S/C13H19Cl2NO/c1-13(2,17-3)7-6-12(16)10-8-9(14)4-5-11(10)15/h4-5,8,12H,6-7,16H2,1-3H3. The summed E-state index contributed by atoms with van der Waals surface area (Å²) >= 11 is 12.0. The van der Waals surface area contributed by atoms with Crippen molar-refractivity contribution in [1.82, 2.24) is 0 Å². The first kappa shape index (κ1) is 14.8. The van der Waals surface area contributed by atoms with Crippen LogP contribution < -0.4 is 5.73 Å². The Bertz CT molecular complexity index is 380. The number of benzene rings is 1. The average molecular weight is 276 g/mol. The largest absolute Gasteiger partial charge is 0.379 e. The summed E-state index contributed by atoms with van der Waals surface area (Å²) in [6.07, 6.45) is 1.68. The fraction of sp³-hybridized carbons (Fsp3) is 0.538. The van der Waals surface area contributed by atoms with Crippen LogP contribution in [0.15, 0.2) is 18.2 Å². The van der Waals surface area contributed by atoms with E-state index in [0.29, 0.717) is 10.0 Å². The molecule has 1 aromatic rings. The van der Waals surface area contributed by atoms with Gasteiger partial charge in [-0.2, -0.15) is 0 Å². The summed E-state index contributed by atoms with van der Waals surface area (Å²) in [6, 6.07) is 5.25. The molecule has 1 aromatic carbocycles. The molecule has 0 fully saturated rings. The van der Waals surface area contributed by atoms with Crippen molar-refractivity contribution in [2.24, 2.45) is 5.73 Å². The van der Waals surface area contributed by atoms with Gasteiger partial charge in [-0.05, 0) is 50.5 Å². The van der Waals surface area contributed by atoms with Crippen molar-refractivity contribution in [3.63, 3.8) is 0 Å². The second-order valence-corrected chi connectivity index (χ2v) is 5.62. The molecule has 2 N–H and O–H groups in total. The fourth-order valence-corrected chi connectivity index (χ4v) is 2.00. The lowest BCUT2D eigenvalue weighted by Crippen LogP contribution is -2.24. The normalized spacial score (nSPS) is 13.8. The van der Waals surface area contributed by atoms with Gasteiger partial charge in [0.2, 0.25) is 0 Å². The highest BCUT2D eigenvalue weighted by atomic mass is 35.5. The molecule has 17 heavy (non-hydrogen) atoms. The summed E-state index contributed by atoms with van der Waals surface area (Å²) in [4.78, 5) is 0. The van der Waals surface area contributed by atoms with E-state index in [-0.39, 0.29) is 11.6 Å². The third-order valence-corrected chi connectivity index (χ3v) is 3.55. The Morgan fingerprint density at radius 2 is 2.00 bits per heavy atom. The molecule has 0 radical (unpaired) electrons. The van der Waals surface area contributed by atoms with Gasteiger partial charge in [0.25, 0.3) is 0 Å². The third-order valence-electron chi connectivity index (χ3n) is 2.97. The third kappa shape index (κ3) is 4.47. The summed E-state index contributed by atoms with van der Waals surface area (Å²) in [6.45, 7) is 4.08. The first-order chi connectivity index (χ1) is 7.85. The molecule has 0 spiro atoms. The molecule has 0 amide bonds. The van der Waals surface area contributed by atoms with Crippen LogP contribution in [-0.2, 0) is 4.74 Å². The van der Waals surface area contributed by atoms with Crippen molar-refractivity contribution in [2.75, 3.05) is 7.11 Å². The lowest BCUT2D eigenvalue weighted by molar-refractivity contribution is 0.0125. The van der Waals surface area contributed by atoms with Crippen LogP contribution in [0, 0.1) is 0 Å². The molecule has 0 aliphatic rings. The van der Waals surface area contributed by atoms with Gasteiger partial charge in [-0.15, -0.1) is 0 Å². The van der Waals surface area contributed by atoms with Gasteiger partial charge in [-0.1, -0.05) is 23.2 Å². The van der Waals surface area contributed by atoms with Crippen molar-refractivity contribution < 1.29 is 4.74 Å². The van der Waals surface area contributed by atoms with Gasteiger partial charge in [-0.3, -0.25) is 0 Å². The number of hydrogen-bond acceptors (Lipinski definition) is 2. The van der Waals surface area contributed by atoms with Crippen LogP contribution in [0.5, 0.6) is 0 Å². The first-order valence-electron chi connectivity index (χ1n) is 5.61. The summed E-state index contributed by atoms with van der Waals surface area (Å²) in [7, 11) is 1.71. The number of hydrogen-bond donors (Lipinski definition) is 1. The second kappa shape index (κ2) is 6.05. The molecule has 0 heterocycles. The van der Waals surface area contributed by atoms with Gasteiger partial charge in [0.1, 0.15) is 0 Å². The maximum atomic E-state index is 6.13. The van der Waals surface area contributed by atoms with Crippen LogP contribution in [0.4, 0.5) is 0 Å². The number of rotatable bonds is 5. The van der Waals surface area contributed by atoms with E-state index < -0.39 is 0 Å². The summed E-state index contributed by atoms with van der Waals surface area (Å²) in [5.41, 5.74) is 6.86. The molecule has 0 aliphatic carbocycles. The molecule has 0 bridgehead atoms. The predicted molar refractivity (Wildman–Crippen MR) is 73.7 cm³/mol. The highest BCUT2D eigenvalue weighted by Gasteiger charge is 2.19. The highest BCUT2D eigenvalue weighted by molar-refractivity contribution is 6.33. The van der Waals surface area contributed by atoms with Crippen LogP contribution in [-0.4, -0.2) is 12.7 Å². The Kier molecular flexibility index (Phi) is 5.26. The monoisotopic (exact) mass is 275 g/mol. The molecular weight excluding hydrogens is 257 g/mol. The zero-order valence-electron chi connectivity index (χ0n) is 10.5. The van der Waals surface area contributed by atoms with Crippen LogP contribution >= 0.6 is 23.2 Å². The van der Waals surface area contributed by atoms with Gasteiger partial charge >= 0.3 is 0 Å². The Hall–Kier alpha value is -0.280.